The topological polar surface area (TPSA) is 70.2 Å². The minimum absolute atomic E-state index is 0.0304. The fraction of sp³-hybridized carbons (Fsp3) is 0.417. The molecule has 5 nitrogen and oxygen atoms in total. The molecule has 0 unspecified atom stereocenters. The van der Waals surface area contributed by atoms with Crippen LogP contribution in [0.2, 0.25) is 0 Å². The van der Waals surface area contributed by atoms with Crippen molar-refractivity contribution in [2.45, 2.75) is 25.8 Å². The Kier molecular flexibility index (Phi) is 2.96. The van der Waals surface area contributed by atoms with Crippen LogP contribution in [0.5, 0.6) is 0 Å². The molecule has 1 aromatic rings. The van der Waals surface area contributed by atoms with E-state index < -0.39 is 4.92 Å². The molecule has 0 aromatic heterocycles. The fourth-order valence-electron chi connectivity index (χ4n) is 1.99. The van der Waals surface area contributed by atoms with Gasteiger partial charge in [-0.2, -0.15) is 5.26 Å². The van der Waals surface area contributed by atoms with Crippen LogP contribution in [0.15, 0.2) is 18.2 Å². The van der Waals surface area contributed by atoms with Crippen molar-refractivity contribution >= 4 is 11.4 Å². The summed E-state index contributed by atoms with van der Waals surface area (Å²) in [6.07, 6.45) is 2.27. The summed E-state index contributed by atoms with van der Waals surface area (Å²) < 4.78 is 0. The normalized spacial score (nSPS) is 14.1. The van der Waals surface area contributed by atoms with Crippen LogP contribution in [0.4, 0.5) is 11.4 Å². The van der Waals surface area contributed by atoms with Crippen molar-refractivity contribution in [3.05, 3.63) is 33.9 Å². The van der Waals surface area contributed by atoms with E-state index in [1.807, 2.05) is 13.0 Å². The highest BCUT2D eigenvalue weighted by molar-refractivity contribution is 5.63. The second kappa shape index (κ2) is 4.42. The first kappa shape index (κ1) is 11.4. The zero-order valence-corrected chi connectivity index (χ0v) is 9.59. The minimum atomic E-state index is -0.474. The Morgan fingerprint density at radius 3 is 2.76 bits per heavy atom. The van der Waals surface area contributed by atoms with Gasteiger partial charge in [-0.05, 0) is 25.8 Å². The molecular weight excluding hydrogens is 218 g/mol. The summed E-state index contributed by atoms with van der Waals surface area (Å²) in [5.41, 5.74) is 1.16. The number of hydrogen-bond acceptors (Lipinski definition) is 4. The van der Waals surface area contributed by atoms with Crippen LogP contribution in [-0.2, 0) is 0 Å². The minimum Gasteiger partial charge on any atom is -0.368 e. The third-order valence-corrected chi connectivity index (χ3v) is 2.95. The Balaban J connectivity index is 2.40. The fourth-order valence-corrected chi connectivity index (χ4v) is 1.99. The third-order valence-electron chi connectivity index (χ3n) is 2.95. The van der Waals surface area contributed by atoms with E-state index in [9.17, 15) is 10.1 Å². The van der Waals surface area contributed by atoms with Crippen LogP contribution < -0.4 is 4.90 Å². The second-order valence-electron chi connectivity index (χ2n) is 4.09. The molecule has 5 heteroatoms. The summed E-state index contributed by atoms with van der Waals surface area (Å²) in [5, 5.41) is 19.7. The van der Waals surface area contributed by atoms with Gasteiger partial charge in [0.1, 0.15) is 6.07 Å². The lowest BCUT2D eigenvalue weighted by molar-refractivity contribution is -0.384. The maximum atomic E-state index is 10.6. The van der Waals surface area contributed by atoms with Crippen LogP contribution >= 0.6 is 0 Å². The quantitative estimate of drug-likeness (QED) is 0.589. The molecule has 0 saturated heterocycles. The van der Waals surface area contributed by atoms with Crippen LogP contribution in [0.25, 0.3) is 0 Å². The highest BCUT2D eigenvalue weighted by Gasteiger charge is 2.29. The molecule has 2 rings (SSSR count). The summed E-state index contributed by atoms with van der Waals surface area (Å²) in [5.74, 6) is 0. The van der Waals surface area contributed by atoms with Crippen molar-refractivity contribution in [2.24, 2.45) is 0 Å². The first-order valence-corrected chi connectivity index (χ1v) is 5.62. The Labute approximate surface area is 99.4 Å². The van der Waals surface area contributed by atoms with Crippen LogP contribution in [-0.4, -0.2) is 17.5 Å². The van der Waals surface area contributed by atoms with E-state index >= 15 is 0 Å². The third kappa shape index (κ3) is 2.21. The molecule has 0 atom stereocenters. The molecule has 0 N–H and O–H groups in total. The summed E-state index contributed by atoms with van der Waals surface area (Å²) in [6.45, 7) is 2.85. The standard InChI is InChI=1S/C12H13N3O2/c1-2-14(10-3-4-10)12-6-5-11(15(16)17)7-9(12)8-13/h5-7,10H,2-4H2,1H3. The van der Waals surface area contributed by atoms with E-state index in [4.69, 9.17) is 5.26 Å². The van der Waals surface area contributed by atoms with Gasteiger partial charge in [-0.1, -0.05) is 0 Å². The van der Waals surface area contributed by atoms with Crippen LogP contribution in [0.3, 0.4) is 0 Å². The van der Waals surface area contributed by atoms with Gasteiger partial charge in [0.05, 0.1) is 16.2 Å². The molecule has 88 valence electrons. The van der Waals surface area contributed by atoms with Crippen LogP contribution in [0, 0.1) is 21.4 Å². The molecule has 1 aromatic carbocycles. The second-order valence-corrected chi connectivity index (χ2v) is 4.09. The molecule has 0 heterocycles. The Morgan fingerprint density at radius 2 is 2.29 bits per heavy atom. The average Bonchev–Trinajstić information content (AvgIpc) is 3.14. The van der Waals surface area contributed by atoms with Gasteiger partial charge in [0.2, 0.25) is 0 Å². The molecule has 0 bridgehead atoms. The van der Waals surface area contributed by atoms with Crippen molar-refractivity contribution < 1.29 is 4.92 Å². The number of benzene rings is 1. The molecule has 1 aliphatic rings. The SMILES string of the molecule is CCN(c1ccc([N+](=O)[O-])cc1C#N)C1CC1. The number of anilines is 1. The van der Waals surface area contributed by atoms with Gasteiger partial charge >= 0.3 is 0 Å². The van der Waals surface area contributed by atoms with E-state index in [-0.39, 0.29) is 5.69 Å². The smallest absolute Gasteiger partial charge is 0.270 e. The number of rotatable bonds is 4. The predicted octanol–water partition coefficient (Wildman–Crippen LogP) is 2.46. The maximum Gasteiger partial charge on any atom is 0.270 e. The molecule has 1 saturated carbocycles. The van der Waals surface area contributed by atoms with E-state index in [0.29, 0.717) is 11.6 Å². The van der Waals surface area contributed by atoms with E-state index in [2.05, 4.69) is 4.90 Å². The lowest BCUT2D eigenvalue weighted by Crippen LogP contribution is -2.25. The van der Waals surface area contributed by atoms with Gasteiger partial charge in [0.25, 0.3) is 5.69 Å². The summed E-state index contributed by atoms with van der Waals surface area (Å²) in [4.78, 5) is 12.3. The number of hydrogen-bond donors (Lipinski definition) is 0. The van der Waals surface area contributed by atoms with Crippen molar-refractivity contribution in [2.75, 3.05) is 11.4 Å². The molecule has 0 spiro atoms. The average molecular weight is 231 g/mol. The van der Waals surface area contributed by atoms with Crippen LogP contribution in [0.1, 0.15) is 25.3 Å². The van der Waals surface area contributed by atoms with Crippen molar-refractivity contribution in [3.8, 4) is 6.07 Å². The predicted molar refractivity (Wildman–Crippen MR) is 63.9 cm³/mol. The Hall–Kier alpha value is -2.09. The number of nitriles is 1. The molecule has 0 aliphatic heterocycles. The van der Waals surface area contributed by atoms with Gasteiger partial charge in [-0.15, -0.1) is 0 Å². The van der Waals surface area contributed by atoms with E-state index in [0.717, 1.165) is 25.1 Å². The molecule has 0 radical (unpaired) electrons. The van der Waals surface area contributed by atoms with E-state index in [1.165, 1.54) is 12.1 Å². The Morgan fingerprint density at radius 1 is 1.59 bits per heavy atom. The summed E-state index contributed by atoms with van der Waals surface area (Å²) in [7, 11) is 0. The maximum absolute atomic E-state index is 10.6. The largest absolute Gasteiger partial charge is 0.368 e. The number of nitro benzene ring substituents is 1. The highest BCUT2D eigenvalue weighted by atomic mass is 16.6. The van der Waals surface area contributed by atoms with Crippen molar-refractivity contribution in [1.29, 1.82) is 5.26 Å². The summed E-state index contributed by atoms with van der Waals surface area (Å²) >= 11 is 0. The molecule has 17 heavy (non-hydrogen) atoms. The molecular formula is C12H13N3O2. The lowest BCUT2D eigenvalue weighted by Gasteiger charge is -2.23. The lowest BCUT2D eigenvalue weighted by atomic mass is 10.1. The number of nitrogens with zero attached hydrogens (tertiary/aromatic N) is 3. The van der Waals surface area contributed by atoms with Gasteiger partial charge in [0, 0.05) is 24.7 Å². The first-order chi connectivity index (χ1) is 8.17. The van der Waals surface area contributed by atoms with Gasteiger partial charge < -0.3 is 4.90 Å². The highest BCUT2D eigenvalue weighted by Crippen LogP contribution is 2.34. The molecule has 1 aliphatic carbocycles. The Bertz CT molecular complexity index is 489. The van der Waals surface area contributed by atoms with Crippen molar-refractivity contribution in [1.82, 2.24) is 0 Å². The zero-order valence-electron chi connectivity index (χ0n) is 9.59. The summed E-state index contributed by atoms with van der Waals surface area (Å²) in [6, 6.07) is 7.02. The van der Waals surface area contributed by atoms with Gasteiger partial charge in [-0.3, -0.25) is 10.1 Å². The van der Waals surface area contributed by atoms with Crippen molar-refractivity contribution in [3.63, 3.8) is 0 Å². The molecule has 0 amide bonds. The molecule has 1 fully saturated rings. The zero-order chi connectivity index (χ0) is 12.4. The van der Waals surface area contributed by atoms with Gasteiger partial charge in [0.15, 0.2) is 0 Å². The first-order valence-electron chi connectivity index (χ1n) is 5.62. The van der Waals surface area contributed by atoms with E-state index in [1.54, 1.807) is 6.07 Å². The monoisotopic (exact) mass is 231 g/mol. The number of non-ortho nitro benzene ring substituents is 1. The van der Waals surface area contributed by atoms with Gasteiger partial charge in [-0.25, -0.2) is 0 Å². The number of nitro groups is 1.